The molecule has 0 unspecified atom stereocenters. The van der Waals surface area contributed by atoms with Crippen LogP contribution in [0.15, 0.2) is 23.0 Å². The zero-order valence-corrected chi connectivity index (χ0v) is 19.7. The quantitative estimate of drug-likeness (QED) is 0.409. The Kier molecular flexibility index (Phi) is 5.61. The molecule has 1 aromatic rings. The molecule has 0 radical (unpaired) electrons. The van der Waals surface area contributed by atoms with Crippen LogP contribution in [0.2, 0.25) is 0 Å². The number of nitrogens with zero attached hydrogens (tertiary/aromatic N) is 1. The van der Waals surface area contributed by atoms with Crippen molar-refractivity contribution in [1.29, 1.82) is 0 Å². The number of aryl methyl sites for hydroxylation is 2. The lowest BCUT2D eigenvalue weighted by molar-refractivity contribution is -0.153. The number of Topliss-reactive ketones (excluding diaryl/α,β-unsaturated/α-hetero) is 2. The maximum Gasteiger partial charge on any atom is 0.255 e. The molecule has 9 heteroatoms. The van der Waals surface area contributed by atoms with E-state index in [2.05, 4.69) is 0 Å². The van der Waals surface area contributed by atoms with E-state index < -0.39 is 58.0 Å². The standard InChI is InChI=1S/C25H30N2O7/c1-5-10-7-11(6-2)19(28)16-13(10)8-12-9-14-18(27(3)4)21(30)17(24(26)33)23(32)25(14,34)22(31)15(12)20(16)29/h7,12,14,18,28-29,32,34H,5-6,8-9H2,1-4H3,(H2,26,33)/t12-,14-,18-,25+/m1/s1. The smallest absolute Gasteiger partial charge is 0.255 e. The number of ketones is 2. The number of benzene rings is 1. The molecule has 6 N–H and O–H groups in total. The average Bonchev–Trinajstić information content (AvgIpc) is 2.76. The maximum absolute atomic E-state index is 13.8. The van der Waals surface area contributed by atoms with E-state index >= 15 is 0 Å². The third kappa shape index (κ3) is 2.96. The van der Waals surface area contributed by atoms with Crippen LogP contribution in [-0.4, -0.2) is 68.5 Å². The van der Waals surface area contributed by atoms with Gasteiger partial charge in [-0.2, -0.15) is 0 Å². The first kappa shape index (κ1) is 24.0. The predicted molar refractivity (Wildman–Crippen MR) is 123 cm³/mol. The summed E-state index contributed by atoms with van der Waals surface area (Å²) in [7, 11) is 3.15. The summed E-state index contributed by atoms with van der Waals surface area (Å²) in [6.07, 6.45) is 1.56. The average molecular weight is 471 g/mol. The van der Waals surface area contributed by atoms with Gasteiger partial charge in [-0.3, -0.25) is 19.3 Å². The topological polar surface area (TPSA) is 161 Å². The zero-order chi connectivity index (χ0) is 25.3. The summed E-state index contributed by atoms with van der Waals surface area (Å²) in [6.45, 7) is 3.83. The Morgan fingerprint density at radius 1 is 1.15 bits per heavy atom. The molecule has 0 spiro atoms. The molecule has 3 aliphatic carbocycles. The minimum Gasteiger partial charge on any atom is -0.508 e. The van der Waals surface area contributed by atoms with Crippen LogP contribution in [0, 0.1) is 11.8 Å². The lowest BCUT2D eigenvalue weighted by Crippen LogP contribution is -2.65. The van der Waals surface area contributed by atoms with Gasteiger partial charge in [0.05, 0.1) is 11.6 Å². The van der Waals surface area contributed by atoms with Gasteiger partial charge in [0, 0.05) is 11.5 Å². The van der Waals surface area contributed by atoms with Crippen molar-refractivity contribution in [2.45, 2.75) is 51.2 Å². The molecule has 182 valence electrons. The van der Waals surface area contributed by atoms with Gasteiger partial charge in [0.1, 0.15) is 22.8 Å². The van der Waals surface area contributed by atoms with Crippen LogP contribution in [0.4, 0.5) is 0 Å². The molecule has 4 atom stereocenters. The van der Waals surface area contributed by atoms with Gasteiger partial charge >= 0.3 is 0 Å². The van der Waals surface area contributed by atoms with Gasteiger partial charge in [-0.15, -0.1) is 0 Å². The number of carbonyl (C=O) groups excluding carboxylic acids is 3. The Bertz CT molecular complexity index is 1200. The minimum absolute atomic E-state index is 0.0885. The number of hydrogen-bond acceptors (Lipinski definition) is 8. The molecular weight excluding hydrogens is 440 g/mol. The molecule has 0 aromatic heterocycles. The summed E-state index contributed by atoms with van der Waals surface area (Å²) in [5.74, 6) is -6.27. The van der Waals surface area contributed by atoms with Crippen LogP contribution in [0.3, 0.4) is 0 Å². The second-order valence-electron chi connectivity index (χ2n) is 9.57. The number of amides is 1. The van der Waals surface area contributed by atoms with Crippen molar-refractivity contribution in [3.8, 4) is 5.75 Å². The molecule has 0 aliphatic heterocycles. The summed E-state index contributed by atoms with van der Waals surface area (Å²) >= 11 is 0. The number of aliphatic hydroxyl groups excluding tert-OH is 2. The lowest BCUT2D eigenvalue weighted by atomic mass is 9.57. The number of phenols is 1. The van der Waals surface area contributed by atoms with Crippen molar-refractivity contribution >= 4 is 23.2 Å². The third-order valence-corrected chi connectivity index (χ3v) is 7.65. The number of hydrogen-bond donors (Lipinski definition) is 5. The minimum atomic E-state index is -2.61. The number of phenolic OH excluding ortho intramolecular Hbond substituents is 1. The van der Waals surface area contributed by atoms with Crippen LogP contribution in [-0.2, 0) is 33.6 Å². The fraction of sp³-hybridized carbons (Fsp3) is 0.480. The predicted octanol–water partition coefficient (Wildman–Crippen LogP) is 1.09. The molecule has 0 saturated heterocycles. The van der Waals surface area contributed by atoms with Crippen molar-refractivity contribution in [2.75, 3.05) is 14.1 Å². The molecule has 34 heavy (non-hydrogen) atoms. The van der Waals surface area contributed by atoms with Crippen molar-refractivity contribution < 1.29 is 34.8 Å². The highest BCUT2D eigenvalue weighted by Gasteiger charge is 2.64. The van der Waals surface area contributed by atoms with Gasteiger partial charge < -0.3 is 26.2 Å². The van der Waals surface area contributed by atoms with E-state index in [4.69, 9.17) is 5.73 Å². The Labute approximate surface area is 197 Å². The number of aliphatic hydroxyl groups is 3. The molecule has 1 saturated carbocycles. The molecule has 1 fully saturated rings. The molecule has 9 nitrogen and oxygen atoms in total. The number of fused-ring (bicyclic) bond motifs is 3. The van der Waals surface area contributed by atoms with Crippen LogP contribution in [0.1, 0.15) is 42.5 Å². The lowest BCUT2D eigenvalue weighted by Gasteiger charge is -2.50. The molecule has 1 aromatic carbocycles. The SMILES string of the molecule is CCc1cc(CC)c2c(c1O)C(O)=C1C(=O)[C@]3(O)C(O)=C(C(N)=O)C(=O)[C@H](N(C)C)[C@H]3C[C@H]1C2. The Morgan fingerprint density at radius 3 is 2.29 bits per heavy atom. The summed E-state index contributed by atoms with van der Waals surface area (Å²) in [5.41, 5.74) is 4.22. The fourth-order valence-electron chi connectivity index (χ4n) is 6.04. The molecule has 3 aliphatic rings. The Hall–Kier alpha value is -3.17. The van der Waals surface area contributed by atoms with Crippen molar-refractivity contribution in [3.63, 3.8) is 0 Å². The van der Waals surface area contributed by atoms with E-state index in [1.807, 2.05) is 19.9 Å². The third-order valence-electron chi connectivity index (χ3n) is 7.65. The van der Waals surface area contributed by atoms with E-state index in [0.717, 1.165) is 11.1 Å². The largest absolute Gasteiger partial charge is 0.508 e. The number of nitrogens with two attached hydrogens (primary N) is 1. The number of aromatic hydroxyl groups is 1. The van der Waals surface area contributed by atoms with Crippen LogP contribution < -0.4 is 5.73 Å². The molecule has 0 heterocycles. The molecular formula is C25H30N2O7. The first-order valence-corrected chi connectivity index (χ1v) is 11.4. The molecule has 1 amide bonds. The number of rotatable bonds is 4. The van der Waals surface area contributed by atoms with Gasteiger partial charge in [-0.1, -0.05) is 19.9 Å². The second-order valence-corrected chi connectivity index (χ2v) is 9.57. The van der Waals surface area contributed by atoms with E-state index in [-0.39, 0.29) is 23.3 Å². The van der Waals surface area contributed by atoms with Crippen LogP contribution in [0.5, 0.6) is 5.75 Å². The van der Waals surface area contributed by atoms with Crippen LogP contribution in [0.25, 0.3) is 5.76 Å². The van der Waals surface area contributed by atoms with E-state index in [9.17, 15) is 34.8 Å². The van der Waals surface area contributed by atoms with Crippen molar-refractivity contribution in [2.24, 2.45) is 17.6 Å². The van der Waals surface area contributed by atoms with E-state index in [1.54, 1.807) is 14.1 Å². The van der Waals surface area contributed by atoms with Crippen molar-refractivity contribution in [1.82, 2.24) is 4.90 Å². The van der Waals surface area contributed by atoms with Gasteiger partial charge in [-0.05, 0) is 62.4 Å². The summed E-state index contributed by atoms with van der Waals surface area (Å²) < 4.78 is 0. The van der Waals surface area contributed by atoms with Gasteiger partial charge in [-0.25, -0.2) is 0 Å². The normalized spacial score (nSPS) is 28.7. The highest BCUT2D eigenvalue weighted by molar-refractivity contribution is 6.24. The van der Waals surface area contributed by atoms with Gasteiger partial charge in [0.25, 0.3) is 5.91 Å². The van der Waals surface area contributed by atoms with E-state index in [0.29, 0.717) is 24.8 Å². The first-order chi connectivity index (χ1) is 15.9. The summed E-state index contributed by atoms with van der Waals surface area (Å²) in [4.78, 5) is 40.4. The highest BCUT2D eigenvalue weighted by atomic mass is 16.3. The monoisotopic (exact) mass is 470 g/mol. The van der Waals surface area contributed by atoms with Crippen molar-refractivity contribution in [3.05, 3.63) is 45.2 Å². The summed E-state index contributed by atoms with van der Waals surface area (Å²) in [6, 6.07) is 0.812. The van der Waals surface area contributed by atoms with Gasteiger partial charge in [0.2, 0.25) is 5.78 Å². The maximum atomic E-state index is 13.8. The molecule has 4 rings (SSSR count). The summed E-state index contributed by atoms with van der Waals surface area (Å²) in [5, 5.41) is 44.6. The van der Waals surface area contributed by atoms with Crippen LogP contribution >= 0.6 is 0 Å². The van der Waals surface area contributed by atoms with Gasteiger partial charge in [0.15, 0.2) is 11.4 Å². The first-order valence-electron chi connectivity index (χ1n) is 11.4. The second kappa shape index (κ2) is 7.95. The van der Waals surface area contributed by atoms with E-state index in [1.165, 1.54) is 4.90 Å². The number of primary amides is 1. The Morgan fingerprint density at radius 2 is 1.76 bits per heavy atom. The Balaban J connectivity index is 2.00. The zero-order valence-electron chi connectivity index (χ0n) is 19.7. The highest BCUT2D eigenvalue weighted by Crippen LogP contribution is 2.53. The number of likely N-dealkylation sites (N-methyl/N-ethyl adjacent to an activating group) is 1. The number of carbonyl (C=O) groups is 3. The molecule has 0 bridgehead atoms. The fourth-order valence-corrected chi connectivity index (χ4v) is 6.04.